The lowest BCUT2D eigenvalue weighted by Crippen LogP contribution is -1.98. The number of hydrogen-bond donors (Lipinski definition) is 1. The van der Waals surface area contributed by atoms with Crippen molar-refractivity contribution >= 4 is 15.9 Å². The molecule has 1 aliphatic heterocycles. The highest BCUT2D eigenvalue weighted by atomic mass is 79.9. The third kappa shape index (κ3) is 1.48. The van der Waals surface area contributed by atoms with E-state index in [0.717, 1.165) is 10.0 Å². The second-order valence-electron chi connectivity index (χ2n) is 3.13. The maximum absolute atomic E-state index is 9.73. The van der Waals surface area contributed by atoms with Crippen molar-refractivity contribution in [3.8, 4) is 11.5 Å². The van der Waals surface area contributed by atoms with Gasteiger partial charge in [0.05, 0.1) is 10.6 Å². The van der Waals surface area contributed by atoms with Crippen molar-refractivity contribution < 1.29 is 14.6 Å². The third-order valence-electron chi connectivity index (χ3n) is 2.25. The summed E-state index contributed by atoms with van der Waals surface area (Å²) in [5.41, 5.74) is 0.795. The van der Waals surface area contributed by atoms with Crippen LogP contribution in [0.5, 0.6) is 11.5 Å². The Hall–Kier alpha value is -0.740. The van der Waals surface area contributed by atoms with Crippen LogP contribution in [0.15, 0.2) is 16.6 Å². The van der Waals surface area contributed by atoms with Crippen molar-refractivity contribution in [1.29, 1.82) is 0 Å². The second-order valence-corrected chi connectivity index (χ2v) is 3.98. The number of aliphatic hydroxyl groups excluding tert-OH is 1. The molecule has 0 saturated heterocycles. The molecule has 14 heavy (non-hydrogen) atoms. The highest BCUT2D eigenvalue weighted by Crippen LogP contribution is 2.44. The molecule has 1 aliphatic rings. The number of hydrogen-bond acceptors (Lipinski definition) is 3. The molecule has 0 saturated carbocycles. The number of halogens is 1. The Morgan fingerprint density at radius 1 is 1.43 bits per heavy atom. The molecule has 4 heteroatoms. The molecule has 0 amide bonds. The van der Waals surface area contributed by atoms with Gasteiger partial charge in [-0.05, 0) is 28.4 Å². The largest absolute Gasteiger partial charge is 0.453 e. The van der Waals surface area contributed by atoms with Crippen LogP contribution in [0.1, 0.15) is 25.0 Å². The van der Waals surface area contributed by atoms with E-state index in [1.807, 2.05) is 19.1 Å². The zero-order valence-electron chi connectivity index (χ0n) is 7.79. The Bertz CT molecular complexity index is 351. The summed E-state index contributed by atoms with van der Waals surface area (Å²) in [7, 11) is 0. The van der Waals surface area contributed by atoms with E-state index < -0.39 is 6.10 Å². The SMILES string of the molecule is CCC(O)c1ccc(Br)c2c1OCO2. The van der Waals surface area contributed by atoms with Crippen molar-refractivity contribution in [2.75, 3.05) is 6.79 Å². The molecule has 1 N–H and O–H groups in total. The molecule has 0 bridgehead atoms. The summed E-state index contributed by atoms with van der Waals surface area (Å²) in [6.07, 6.45) is 0.177. The molecule has 0 aromatic heterocycles. The van der Waals surface area contributed by atoms with Gasteiger partial charge in [0.15, 0.2) is 11.5 Å². The van der Waals surface area contributed by atoms with Crippen molar-refractivity contribution in [3.05, 3.63) is 22.2 Å². The lowest BCUT2D eigenvalue weighted by molar-refractivity contribution is 0.155. The second kappa shape index (κ2) is 3.79. The van der Waals surface area contributed by atoms with Crippen molar-refractivity contribution in [2.45, 2.75) is 19.4 Å². The van der Waals surface area contributed by atoms with E-state index in [1.165, 1.54) is 0 Å². The Morgan fingerprint density at radius 2 is 2.14 bits per heavy atom. The predicted molar refractivity (Wildman–Crippen MR) is 55.5 cm³/mol. The lowest BCUT2D eigenvalue weighted by atomic mass is 10.1. The van der Waals surface area contributed by atoms with Gasteiger partial charge >= 0.3 is 0 Å². The molecule has 1 aromatic rings. The van der Waals surface area contributed by atoms with Gasteiger partial charge in [-0.2, -0.15) is 0 Å². The average Bonchev–Trinajstić information content (AvgIpc) is 2.67. The van der Waals surface area contributed by atoms with Gasteiger partial charge in [0.2, 0.25) is 6.79 Å². The van der Waals surface area contributed by atoms with E-state index in [4.69, 9.17) is 9.47 Å². The maximum atomic E-state index is 9.73. The number of benzene rings is 1. The van der Waals surface area contributed by atoms with E-state index in [9.17, 15) is 5.11 Å². The zero-order chi connectivity index (χ0) is 10.1. The first-order valence-corrected chi connectivity index (χ1v) is 5.29. The van der Waals surface area contributed by atoms with Crippen LogP contribution in [0.3, 0.4) is 0 Å². The average molecular weight is 259 g/mol. The molecule has 1 atom stereocenters. The molecule has 0 fully saturated rings. The molecular weight excluding hydrogens is 248 g/mol. The molecule has 0 radical (unpaired) electrons. The van der Waals surface area contributed by atoms with Crippen LogP contribution >= 0.6 is 15.9 Å². The summed E-state index contributed by atoms with van der Waals surface area (Å²) in [6.45, 7) is 2.15. The molecule has 1 heterocycles. The van der Waals surface area contributed by atoms with Gasteiger partial charge in [0.1, 0.15) is 0 Å². The lowest BCUT2D eigenvalue weighted by Gasteiger charge is -2.11. The minimum Gasteiger partial charge on any atom is -0.453 e. The monoisotopic (exact) mass is 258 g/mol. The van der Waals surface area contributed by atoms with Gasteiger partial charge in [0, 0.05) is 5.56 Å². The standard InChI is InChI=1S/C10H11BrO3/c1-2-8(12)6-3-4-7(11)10-9(6)13-5-14-10/h3-4,8,12H,2,5H2,1H3. The highest BCUT2D eigenvalue weighted by Gasteiger charge is 2.23. The summed E-state index contributed by atoms with van der Waals surface area (Å²) in [5, 5.41) is 9.73. The molecule has 2 rings (SSSR count). The topological polar surface area (TPSA) is 38.7 Å². The molecule has 1 aromatic carbocycles. The van der Waals surface area contributed by atoms with Crippen molar-refractivity contribution in [1.82, 2.24) is 0 Å². The third-order valence-corrected chi connectivity index (χ3v) is 2.87. The fourth-order valence-electron chi connectivity index (χ4n) is 1.47. The minimum absolute atomic E-state index is 0.224. The van der Waals surface area contributed by atoms with E-state index in [-0.39, 0.29) is 6.79 Å². The molecule has 0 aliphatic carbocycles. The predicted octanol–water partition coefficient (Wildman–Crippen LogP) is 2.62. The quantitative estimate of drug-likeness (QED) is 0.887. The van der Waals surface area contributed by atoms with E-state index in [0.29, 0.717) is 17.9 Å². The Balaban J connectivity index is 2.48. The summed E-state index contributed by atoms with van der Waals surface area (Å²) < 4.78 is 11.5. The molecule has 3 nitrogen and oxygen atoms in total. The van der Waals surface area contributed by atoms with Gasteiger partial charge in [-0.1, -0.05) is 13.0 Å². The Kier molecular flexibility index (Phi) is 2.65. The van der Waals surface area contributed by atoms with Gasteiger partial charge < -0.3 is 14.6 Å². The minimum atomic E-state index is -0.487. The summed E-state index contributed by atoms with van der Waals surface area (Å²) in [4.78, 5) is 0. The van der Waals surface area contributed by atoms with Gasteiger partial charge in [-0.3, -0.25) is 0 Å². The molecule has 76 valence electrons. The number of ether oxygens (including phenoxy) is 2. The number of aliphatic hydroxyl groups is 1. The summed E-state index contributed by atoms with van der Waals surface area (Å²) >= 11 is 3.37. The maximum Gasteiger partial charge on any atom is 0.231 e. The first-order valence-electron chi connectivity index (χ1n) is 4.50. The number of rotatable bonds is 2. The van der Waals surface area contributed by atoms with Crippen LogP contribution in [-0.2, 0) is 0 Å². The van der Waals surface area contributed by atoms with Crippen LogP contribution < -0.4 is 9.47 Å². The first-order chi connectivity index (χ1) is 6.74. The van der Waals surface area contributed by atoms with Gasteiger partial charge in [0.25, 0.3) is 0 Å². The Morgan fingerprint density at radius 3 is 2.86 bits per heavy atom. The summed E-state index contributed by atoms with van der Waals surface area (Å²) in [5.74, 6) is 1.35. The number of fused-ring (bicyclic) bond motifs is 1. The molecular formula is C10H11BrO3. The van der Waals surface area contributed by atoms with Crippen LogP contribution in [0.2, 0.25) is 0 Å². The normalized spacial score (nSPS) is 15.6. The van der Waals surface area contributed by atoms with Crippen LogP contribution in [0.4, 0.5) is 0 Å². The van der Waals surface area contributed by atoms with Crippen LogP contribution in [0, 0.1) is 0 Å². The van der Waals surface area contributed by atoms with E-state index >= 15 is 0 Å². The fourth-order valence-corrected chi connectivity index (χ4v) is 1.89. The van der Waals surface area contributed by atoms with Gasteiger partial charge in [-0.15, -0.1) is 0 Å². The zero-order valence-corrected chi connectivity index (χ0v) is 9.37. The van der Waals surface area contributed by atoms with Crippen molar-refractivity contribution in [2.24, 2.45) is 0 Å². The summed E-state index contributed by atoms with van der Waals surface area (Å²) in [6, 6.07) is 3.72. The molecule has 1 unspecified atom stereocenters. The molecule has 0 spiro atoms. The van der Waals surface area contributed by atoms with Gasteiger partial charge in [-0.25, -0.2) is 0 Å². The van der Waals surface area contributed by atoms with E-state index in [2.05, 4.69) is 15.9 Å². The van der Waals surface area contributed by atoms with E-state index in [1.54, 1.807) is 0 Å². The Labute approximate surface area is 90.8 Å². The van der Waals surface area contributed by atoms with Crippen molar-refractivity contribution in [3.63, 3.8) is 0 Å². The first kappa shape index (κ1) is 9.80. The van der Waals surface area contributed by atoms with Crippen LogP contribution in [-0.4, -0.2) is 11.9 Å². The fraction of sp³-hybridized carbons (Fsp3) is 0.400. The van der Waals surface area contributed by atoms with Crippen LogP contribution in [0.25, 0.3) is 0 Å². The smallest absolute Gasteiger partial charge is 0.231 e. The highest BCUT2D eigenvalue weighted by molar-refractivity contribution is 9.10.